The minimum atomic E-state index is 0.720. The molecule has 1 aromatic heterocycles. The lowest BCUT2D eigenvalue weighted by molar-refractivity contribution is 1.27. The van der Waals surface area contributed by atoms with Crippen LogP contribution >= 0.6 is 15.9 Å². The van der Waals surface area contributed by atoms with Gasteiger partial charge in [0.15, 0.2) is 0 Å². The van der Waals surface area contributed by atoms with Crippen molar-refractivity contribution in [1.82, 2.24) is 4.98 Å². The van der Waals surface area contributed by atoms with Crippen molar-refractivity contribution in [3.63, 3.8) is 0 Å². The van der Waals surface area contributed by atoms with Crippen molar-refractivity contribution in [3.8, 4) is 11.1 Å². The van der Waals surface area contributed by atoms with Crippen molar-refractivity contribution >= 4 is 21.6 Å². The predicted molar refractivity (Wildman–Crippen MR) is 66.5 cm³/mol. The molecular weight excluding hydrogens is 252 g/mol. The van der Waals surface area contributed by atoms with Crippen molar-refractivity contribution < 1.29 is 0 Å². The minimum absolute atomic E-state index is 0.720. The molecule has 2 rings (SSSR count). The van der Waals surface area contributed by atoms with E-state index in [1.54, 1.807) is 6.20 Å². The molecular formula is C12H11BrN2. The molecule has 0 amide bonds. The second-order valence-corrected chi connectivity index (χ2v) is 4.34. The lowest BCUT2D eigenvalue weighted by atomic mass is 10.0. The molecule has 2 aromatic rings. The van der Waals surface area contributed by atoms with Gasteiger partial charge >= 0.3 is 0 Å². The first kappa shape index (κ1) is 10.2. The summed E-state index contributed by atoms with van der Waals surface area (Å²) < 4.78 is 1.07. The van der Waals surface area contributed by atoms with Crippen LogP contribution in [0.15, 0.2) is 41.1 Å². The molecule has 2 N–H and O–H groups in total. The van der Waals surface area contributed by atoms with Crippen LogP contribution in [0.2, 0.25) is 0 Å². The number of rotatable bonds is 1. The summed E-state index contributed by atoms with van der Waals surface area (Å²) in [4.78, 5) is 4.05. The standard InChI is InChI=1S/C12H11BrN2/c1-8-6-15-7-11(14)12(8)9-2-4-10(13)5-3-9/h2-7H,14H2,1H3. The molecule has 0 saturated heterocycles. The van der Waals surface area contributed by atoms with Crippen LogP contribution in [0.1, 0.15) is 5.56 Å². The zero-order chi connectivity index (χ0) is 10.8. The average molecular weight is 263 g/mol. The summed E-state index contributed by atoms with van der Waals surface area (Å²) in [5, 5.41) is 0. The van der Waals surface area contributed by atoms with Crippen molar-refractivity contribution in [2.45, 2.75) is 6.92 Å². The number of aryl methyl sites for hydroxylation is 1. The summed E-state index contributed by atoms with van der Waals surface area (Å²) >= 11 is 3.41. The molecule has 1 heterocycles. The lowest BCUT2D eigenvalue weighted by Gasteiger charge is -2.08. The van der Waals surface area contributed by atoms with Crippen LogP contribution in [0.4, 0.5) is 5.69 Å². The lowest BCUT2D eigenvalue weighted by Crippen LogP contribution is -1.94. The van der Waals surface area contributed by atoms with E-state index in [1.807, 2.05) is 37.4 Å². The van der Waals surface area contributed by atoms with E-state index in [4.69, 9.17) is 5.73 Å². The monoisotopic (exact) mass is 262 g/mol. The first-order valence-corrected chi connectivity index (χ1v) is 5.44. The Morgan fingerprint density at radius 3 is 2.40 bits per heavy atom. The fourth-order valence-electron chi connectivity index (χ4n) is 1.60. The van der Waals surface area contributed by atoms with E-state index in [0.29, 0.717) is 0 Å². The first-order valence-electron chi connectivity index (χ1n) is 4.64. The molecule has 15 heavy (non-hydrogen) atoms. The molecule has 0 aliphatic heterocycles. The number of halogens is 1. The van der Waals surface area contributed by atoms with Crippen LogP contribution in [-0.4, -0.2) is 4.98 Å². The van der Waals surface area contributed by atoms with Gasteiger partial charge in [0.05, 0.1) is 11.9 Å². The van der Waals surface area contributed by atoms with Gasteiger partial charge in [-0.15, -0.1) is 0 Å². The van der Waals surface area contributed by atoms with E-state index in [9.17, 15) is 0 Å². The fourth-order valence-corrected chi connectivity index (χ4v) is 1.86. The largest absolute Gasteiger partial charge is 0.397 e. The quantitative estimate of drug-likeness (QED) is 0.856. The second kappa shape index (κ2) is 4.03. The van der Waals surface area contributed by atoms with Gasteiger partial charge in [-0.1, -0.05) is 28.1 Å². The van der Waals surface area contributed by atoms with E-state index in [-0.39, 0.29) is 0 Å². The van der Waals surface area contributed by atoms with E-state index in [1.165, 1.54) is 0 Å². The Hall–Kier alpha value is -1.35. The Labute approximate surface area is 97.3 Å². The van der Waals surface area contributed by atoms with Crippen LogP contribution in [-0.2, 0) is 0 Å². The van der Waals surface area contributed by atoms with Gasteiger partial charge in [-0.2, -0.15) is 0 Å². The summed E-state index contributed by atoms with van der Waals surface area (Å²) in [6.07, 6.45) is 3.51. The third-order valence-electron chi connectivity index (χ3n) is 2.30. The van der Waals surface area contributed by atoms with Crippen molar-refractivity contribution in [2.75, 3.05) is 5.73 Å². The van der Waals surface area contributed by atoms with Crippen molar-refractivity contribution in [2.24, 2.45) is 0 Å². The highest BCUT2D eigenvalue weighted by Gasteiger charge is 2.05. The van der Waals surface area contributed by atoms with Crippen LogP contribution in [0.25, 0.3) is 11.1 Å². The Morgan fingerprint density at radius 2 is 1.80 bits per heavy atom. The summed E-state index contributed by atoms with van der Waals surface area (Å²) in [5.74, 6) is 0. The topological polar surface area (TPSA) is 38.9 Å². The molecule has 0 saturated carbocycles. The first-order chi connectivity index (χ1) is 7.18. The van der Waals surface area contributed by atoms with Gasteiger partial charge in [-0.3, -0.25) is 4.98 Å². The summed E-state index contributed by atoms with van der Waals surface area (Å²) in [5.41, 5.74) is 9.92. The molecule has 0 aliphatic carbocycles. The smallest absolute Gasteiger partial charge is 0.0582 e. The van der Waals surface area contributed by atoms with Gasteiger partial charge in [-0.05, 0) is 30.2 Å². The maximum atomic E-state index is 5.92. The molecule has 2 nitrogen and oxygen atoms in total. The number of pyridine rings is 1. The summed E-state index contributed by atoms with van der Waals surface area (Å²) in [6.45, 7) is 2.01. The number of anilines is 1. The molecule has 76 valence electrons. The molecule has 0 spiro atoms. The molecule has 3 heteroatoms. The van der Waals surface area contributed by atoms with Gasteiger partial charge in [-0.25, -0.2) is 0 Å². The molecule has 0 aliphatic rings. The highest BCUT2D eigenvalue weighted by molar-refractivity contribution is 9.10. The number of hydrogen-bond donors (Lipinski definition) is 1. The molecule has 0 fully saturated rings. The van der Waals surface area contributed by atoms with E-state index >= 15 is 0 Å². The fraction of sp³-hybridized carbons (Fsp3) is 0.0833. The number of nitrogens with two attached hydrogens (primary N) is 1. The van der Waals surface area contributed by atoms with Crippen LogP contribution in [0.5, 0.6) is 0 Å². The number of aromatic nitrogens is 1. The predicted octanol–water partition coefficient (Wildman–Crippen LogP) is 3.40. The number of hydrogen-bond acceptors (Lipinski definition) is 2. The van der Waals surface area contributed by atoms with Crippen molar-refractivity contribution in [1.29, 1.82) is 0 Å². The van der Waals surface area contributed by atoms with Gasteiger partial charge < -0.3 is 5.73 Å². The van der Waals surface area contributed by atoms with E-state index < -0.39 is 0 Å². The summed E-state index contributed by atoms with van der Waals surface area (Å²) in [7, 11) is 0. The van der Waals surface area contributed by atoms with Gasteiger partial charge in [0.25, 0.3) is 0 Å². The van der Waals surface area contributed by atoms with E-state index in [0.717, 1.165) is 26.9 Å². The number of benzene rings is 1. The van der Waals surface area contributed by atoms with Crippen molar-refractivity contribution in [3.05, 3.63) is 46.7 Å². The minimum Gasteiger partial charge on any atom is -0.397 e. The molecule has 0 unspecified atom stereocenters. The Morgan fingerprint density at radius 1 is 1.13 bits per heavy atom. The Bertz CT molecular complexity index is 457. The van der Waals surface area contributed by atoms with Crippen LogP contribution in [0.3, 0.4) is 0 Å². The Balaban J connectivity index is 2.58. The second-order valence-electron chi connectivity index (χ2n) is 3.43. The molecule has 0 bridgehead atoms. The zero-order valence-electron chi connectivity index (χ0n) is 8.37. The van der Waals surface area contributed by atoms with Crippen LogP contribution in [0, 0.1) is 6.92 Å². The highest BCUT2D eigenvalue weighted by atomic mass is 79.9. The Kier molecular flexibility index (Phi) is 2.73. The van der Waals surface area contributed by atoms with Crippen LogP contribution < -0.4 is 5.73 Å². The highest BCUT2D eigenvalue weighted by Crippen LogP contribution is 2.29. The maximum Gasteiger partial charge on any atom is 0.0582 e. The van der Waals surface area contributed by atoms with E-state index in [2.05, 4.69) is 20.9 Å². The van der Waals surface area contributed by atoms with Gasteiger partial charge in [0, 0.05) is 16.2 Å². The third kappa shape index (κ3) is 2.02. The molecule has 0 atom stereocenters. The number of nitrogen functional groups attached to an aromatic ring is 1. The number of nitrogens with zero attached hydrogens (tertiary/aromatic N) is 1. The SMILES string of the molecule is Cc1cncc(N)c1-c1ccc(Br)cc1. The molecule has 1 aromatic carbocycles. The molecule has 0 radical (unpaired) electrons. The zero-order valence-corrected chi connectivity index (χ0v) is 9.95. The van der Waals surface area contributed by atoms with Gasteiger partial charge in [0.2, 0.25) is 0 Å². The average Bonchev–Trinajstić information content (AvgIpc) is 2.20. The maximum absolute atomic E-state index is 5.92. The van der Waals surface area contributed by atoms with Gasteiger partial charge in [0.1, 0.15) is 0 Å². The normalized spacial score (nSPS) is 10.3. The third-order valence-corrected chi connectivity index (χ3v) is 2.83. The summed E-state index contributed by atoms with van der Waals surface area (Å²) in [6, 6.07) is 8.11.